The molecule has 2 aromatic carbocycles. The van der Waals surface area contributed by atoms with Gasteiger partial charge in [-0.3, -0.25) is 9.59 Å². The maximum absolute atomic E-state index is 11.9. The molecule has 0 heterocycles. The van der Waals surface area contributed by atoms with Crippen molar-refractivity contribution in [1.29, 1.82) is 0 Å². The van der Waals surface area contributed by atoms with Crippen molar-refractivity contribution in [2.45, 2.75) is 13.3 Å². The van der Waals surface area contributed by atoms with Crippen LogP contribution in [0.25, 0.3) is 0 Å². The number of anilines is 1. The van der Waals surface area contributed by atoms with Crippen molar-refractivity contribution >= 4 is 29.1 Å². The molecule has 5 nitrogen and oxygen atoms in total. The quantitative estimate of drug-likeness (QED) is 0.786. The van der Waals surface area contributed by atoms with E-state index in [1.165, 1.54) is 6.92 Å². The summed E-state index contributed by atoms with van der Waals surface area (Å²) in [7, 11) is 0. The molecule has 0 aliphatic rings. The molecule has 132 valence electrons. The average Bonchev–Trinajstić information content (AvgIpc) is 2.60. The summed E-state index contributed by atoms with van der Waals surface area (Å²) >= 11 is 6.13. The third-order valence-corrected chi connectivity index (χ3v) is 3.84. The van der Waals surface area contributed by atoms with Crippen LogP contribution in [-0.2, 0) is 9.59 Å². The Labute approximate surface area is 152 Å². The van der Waals surface area contributed by atoms with Crippen molar-refractivity contribution in [3.05, 3.63) is 59.6 Å². The fourth-order valence-electron chi connectivity index (χ4n) is 2.29. The second kappa shape index (κ2) is 9.69. The summed E-state index contributed by atoms with van der Waals surface area (Å²) in [5.74, 6) is 0.477. The number of para-hydroxylation sites is 2. The van der Waals surface area contributed by atoms with Crippen LogP contribution in [-0.4, -0.2) is 31.5 Å². The van der Waals surface area contributed by atoms with Crippen molar-refractivity contribution in [1.82, 2.24) is 5.32 Å². The Balaban J connectivity index is 1.75. The first-order valence-corrected chi connectivity index (χ1v) is 8.43. The number of hydrogen-bond acceptors (Lipinski definition) is 3. The second-order valence-corrected chi connectivity index (χ2v) is 5.79. The smallest absolute Gasteiger partial charge is 0.223 e. The summed E-state index contributed by atoms with van der Waals surface area (Å²) < 4.78 is 5.48. The molecule has 1 N–H and O–H groups in total. The molecule has 0 spiro atoms. The highest BCUT2D eigenvalue weighted by Gasteiger charge is 2.14. The van der Waals surface area contributed by atoms with Gasteiger partial charge >= 0.3 is 0 Å². The fourth-order valence-corrected chi connectivity index (χ4v) is 2.53. The van der Waals surface area contributed by atoms with Gasteiger partial charge in [0.2, 0.25) is 11.8 Å². The van der Waals surface area contributed by atoms with E-state index in [2.05, 4.69) is 5.32 Å². The molecule has 0 aliphatic carbocycles. The molecule has 0 unspecified atom stereocenters. The molecule has 0 aliphatic heterocycles. The van der Waals surface area contributed by atoms with Gasteiger partial charge in [-0.2, -0.15) is 0 Å². The molecule has 2 amide bonds. The summed E-state index contributed by atoms with van der Waals surface area (Å²) in [6.07, 6.45) is 0.251. The van der Waals surface area contributed by atoms with E-state index in [0.29, 0.717) is 30.4 Å². The minimum atomic E-state index is -0.130. The van der Waals surface area contributed by atoms with Crippen molar-refractivity contribution < 1.29 is 14.3 Å². The monoisotopic (exact) mass is 360 g/mol. The van der Waals surface area contributed by atoms with E-state index in [9.17, 15) is 9.59 Å². The molecule has 0 aromatic heterocycles. The third-order valence-electron chi connectivity index (χ3n) is 3.52. The van der Waals surface area contributed by atoms with Crippen LogP contribution in [0.1, 0.15) is 13.3 Å². The molecule has 0 saturated carbocycles. The molecule has 2 aromatic rings. The Hall–Kier alpha value is -2.53. The summed E-state index contributed by atoms with van der Waals surface area (Å²) in [4.78, 5) is 25.2. The molecule has 2 rings (SSSR count). The minimum Gasteiger partial charge on any atom is -0.493 e. The van der Waals surface area contributed by atoms with Gasteiger partial charge in [-0.15, -0.1) is 0 Å². The molecule has 0 atom stereocenters. The van der Waals surface area contributed by atoms with Gasteiger partial charge in [0.15, 0.2) is 0 Å². The van der Waals surface area contributed by atoms with Gasteiger partial charge in [-0.05, 0) is 24.3 Å². The van der Waals surface area contributed by atoms with Crippen molar-refractivity contribution in [2.75, 3.05) is 24.6 Å². The maximum atomic E-state index is 11.9. The maximum Gasteiger partial charge on any atom is 0.223 e. The predicted molar refractivity (Wildman–Crippen MR) is 99.0 cm³/mol. The van der Waals surface area contributed by atoms with Gasteiger partial charge in [-0.25, -0.2) is 0 Å². The number of nitrogens with zero attached hydrogens (tertiary/aromatic N) is 1. The number of carbonyl (C=O) groups excluding carboxylic acids is 2. The Morgan fingerprint density at radius 3 is 2.44 bits per heavy atom. The molecule has 0 saturated heterocycles. The van der Waals surface area contributed by atoms with Crippen LogP contribution in [0.4, 0.5) is 5.69 Å². The van der Waals surface area contributed by atoms with Crippen molar-refractivity contribution in [2.24, 2.45) is 0 Å². The van der Waals surface area contributed by atoms with Crippen molar-refractivity contribution in [3.63, 3.8) is 0 Å². The van der Waals surface area contributed by atoms with Crippen molar-refractivity contribution in [3.8, 4) is 5.75 Å². The number of benzene rings is 2. The van der Waals surface area contributed by atoms with E-state index in [1.807, 2.05) is 36.4 Å². The van der Waals surface area contributed by atoms with Crippen LogP contribution in [0.15, 0.2) is 54.6 Å². The standard InChI is InChI=1S/C19H21ClN2O3/c1-15(23)22(18-10-6-5-9-17(18)20)13-12-21-19(24)11-14-25-16-7-3-2-4-8-16/h2-10H,11-14H2,1H3,(H,21,24). The zero-order chi connectivity index (χ0) is 18.1. The lowest BCUT2D eigenvalue weighted by molar-refractivity contribution is -0.122. The highest BCUT2D eigenvalue weighted by Crippen LogP contribution is 2.24. The topological polar surface area (TPSA) is 58.6 Å². The van der Waals surface area contributed by atoms with Crippen LogP contribution in [0, 0.1) is 0 Å². The molecule has 0 bridgehead atoms. The second-order valence-electron chi connectivity index (χ2n) is 5.38. The Morgan fingerprint density at radius 2 is 1.76 bits per heavy atom. The van der Waals surface area contributed by atoms with E-state index >= 15 is 0 Å². The van der Waals surface area contributed by atoms with Gasteiger partial charge in [0.25, 0.3) is 0 Å². The number of carbonyl (C=O) groups is 2. The molecular weight excluding hydrogens is 340 g/mol. The number of amides is 2. The van der Waals surface area contributed by atoms with Gasteiger partial charge in [0, 0.05) is 20.0 Å². The lowest BCUT2D eigenvalue weighted by Crippen LogP contribution is -2.38. The van der Waals surface area contributed by atoms with Crippen LogP contribution in [0.3, 0.4) is 0 Å². The number of nitrogens with one attached hydrogen (secondary N) is 1. The third kappa shape index (κ3) is 6.12. The zero-order valence-electron chi connectivity index (χ0n) is 14.1. The first kappa shape index (κ1) is 18.8. The Kier molecular flexibility index (Phi) is 7.29. The first-order chi connectivity index (χ1) is 12.1. The highest BCUT2D eigenvalue weighted by atomic mass is 35.5. The van der Waals surface area contributed by atoms with Gasteiger partial charge < -0.3 is 15.0 Å². The van der Waals surface area contributed by atoms with Gasteiger partial charge in [-0.1, -0.05) is 41.9 Å². The predicted octanol–water partition coefficient (Wildman–Crippen LogP) is 3.28. The van der Waals surface area contributed by atoms with Crippen LogP contribution in [0.5, 0.6) is 5.75 Å². The Morgan fingerprint density at radius 1 is 1.08 bits per heavy atom. The molecule has 0 radical (unpaired) electrons. The summed E-state index contributed by atoms with van der Waals surface area (Å²) in [6.45, 7) is 2.47. The molecule has 0 fully saturated rings. The first-order valence-electron chi connectivity index (χ1n) is 8.05. The SMILES string of the molecule is CC(=O)N(CCNC(=O)CCOc1ccccc1)c1ccccc1Cl. The van der Waals surface area contributed by atoms with Crippen LogP contribution < -0.4 is 15.0 Å². The number of ether oxygens (including phenoxy) is 1. The van der Waals surface area contributed by atoms with Crippen LogP contribution >= 0.6 is 11.6 Å². The van der Waals surface area contributed by atoms with E-state index in [1.54, 1.807) is 23.1 Å². The highest BCUT2D eigenvalue weighted by molar-refractivity contribution is 6.33. The van der Waals surface area contributed by atoms with Crippen LogP contribution in [0.2, 0.25) is 5.02 Å². The van der Waals surface area contributed by atoms with E-state index in [4.69, 9.17) is 16.3 Å². The van der Waals surface area contributed by atoms with E-state index in [-0.39, 0.29) is 18.2 Å². The van der Waals surface area contributed by atoms with E-state index in [0.717, 1.165) is 5.75 Å². The summed E-state index contributed by atoms with van der Waals surface area (Å²) in [6, 6.07) is 16.5. The fraction of sp³-hybridized carbons (Fsp3) is 0.263. The van der Waals surface area contributed by atoms with E-state index < -0.39 is 0 Å². The lowest BCUT2D eigenvalue weighted by atomic mass is 10.2. The lowest BCUT2D eigenvalue weighted by Gasteiger charge is -2.22. The van der Waals surface area contributed by atoms with Gasteiger partial charge in [0.1, 0.15) is 5.75 Å². The molecule has 6 heteroatoms. The largest absolute Gasteiger partial charge is 0.493 e. The number of halogens is 1. The van der Waals surface area contributed by atoms with Gasteiger partial charge in [0.05, 0.1) is 23.7 Å². The average molecular weight is 361 g/mol. The zero-order valence-corrected chi connectivity index (χ0v) is 14.8. The summed E-state index contributed by atoms with van der Waals surface area (Å²) in [5.41, 5.74) is 0.637. The normalized spacial score (nSPS) is 10.2. The number of hydrogen-bond donors (Lipinski definition) is 1. The summed E-state index contributed by atoms with van der Waals surface area (Å²) in [5, 5.41) is 3.29. The number of rotatable bonds is 8. The molecule has 25 heavy (non-hydrogen) atoms. The Bertz CT molecular complexity index is 707. The molecular formula is C19H21ClN2O3. The minimum absolute atomic E-state index is 0.126.